The van der Waals surface area contributed by atoms with E-state index in [-0.39, 0.29) is 45.7 Å². The maximum atomic E-state index is 14.4. The third kappa shape index (κ3) is 5.82. The minimum absolute atomic E-state index is 0.0867. The molecular formula is C25H21Cl3F3N3O3. The van der Waals surface area contributed by atoms with E-state index >= 15 is 0 Å². The summed E-state index contributed by atoms with van der Waals surface area (Å²) in [5, 5.41) is 15.4. The molecule has 2 atom stereocenters. The van der Waals surface area contributed by atoms with Crippen LogP contribution in [-0.2, 0) is 4.84 Å². The Kier molecular flexibility index (Phi) is 8.23. The van der Waals surface area contributed by atoms with Crippen LogP contribution in [0.3, 0.4) is 0 Å². The van der Waals surface area contributed by atoms with Gasteiger partial charge in [0.15, 0.2) is 0 Å². The highest BCUT2D eigenvalue weighted by Gasteiger charge is 2.50. The van der Waals surface area contributed by atoms with Crippen molar-refractivity contribution in [3.8, 4) is 0 Å². The Bertz CT molecular complexity index is 1350. The summed E-state index contributed by atoms with van der Waals surface area (Å²) >= 11 is 18.0. The fourth-order valence-corrected chi connectivity index (χ4v) is 5.01. The Balaban J connectivity index is 1.98. The Morgan fingerprint density at radius 1 is 1.11 bits per heavy atom. The van der Waals surface area contributed by atoms with Crippen molar-refractivity contribution in [2.24, 2.45) is 5.73 Å². The molecule has 1 aliphatic heterocycles. The minimum Gasteiger partial charge on any atom is -0.399 e. The lowest BCUT2D eigenvalue weighted by atomic mass is 9.87. The molecule has 6 nitrogen and oxygen atoms in total. The van der Waals surface area contributed by atoms with Gasteiger partial charge in [-0.2, -0.15) is 13.2 Å². The smallest absolute Gasteiger partial charge is 0.399 e. The number of nitrogens with two attached hydrogens (primary N) is 1. The van der Waals surface area contributed by atoms with E-state index < -0.39 is 30.1 Å². The number of hydrogen-bond acceptors (Lipinski definition) is 5. The highest BCUT2D eigenvalue weighted by Crippen LogP contribution is 2.50. The average molecular weight is 575 g/mol. The summed E-state index contributed by atoms with van der Waals surface area (Å²) in [5.41, 5.74) is 5.97. The second kappa shape index (κ2) is 11.1. The summed E-state index contributed by atoms with van der Waals surface area (Å²) in [6, 6.07) is 12.6. The van der Waals surface area contributed by atoms with Gasteiger partial charge in [0.05, 0.1) is 6.54 Å². The molecule has 2 unspecified atom stereocenters. The van der Waals surface area contributed by atoms with Gasteiger partial charge in [0.25, 0.3) is 0 Å². The molecule has 0 bridgehead atoms. The summed E-state index contributed by atoms with van der Waals surface area (Å²) in [6.45, 7) is -0.140. The number of hydroxylamine groups is 2. The lowest BCUT2D eigenvalue weighted by Crippen LogP contribution is -2.41. The van der Waals surface area contributed by atoms with Crippen molar-refractivity contribution >= 4 is 57.1 Å². The van der Waals surface area contributed by atoms with Crippen LogP contribution in [0.2, 0.25) is 10.0 Å². The van der Waals surface area contributed by atoms with E-state index in [9.17, 15) is 23.1 Å². The first-order valence-corrected chi connectivity index (χ1v) is 12.3. The van der Waals surface area contributed by atoms with Crippen LogP contribution >= 0.6 is 34.8 Å². The number of primary amides is 1. The van der Waals surface area contributed by atoms with Crippen LogP contribution in [0.25, 0.3) is 16.3 Å². The summed E-state index contributed by atoms with van der Waals surface area (Å²) in [6.07, 6.45) is -6.16. The highest BCUT2D eigenvalue weighted by atomic mass is 35.5. The Morgan fingerprint density at radius 2 is 1.76 bits per heavy atom. The first-order chi connectivity index (χ1) is 17.5. The van der Waals surface area contributed by atoms with E-state index in [4.69, 9.17) is 45.4 Å². The first kappa shape index (κ1) is 27.5. The van der Waals surface area contributed by atoms with Crippen LogP contribution in [0, 0.1) is 0 Å². The Hall–Kier alpha value is -2.53. The predicted molar refractivity (Wildman–Crippen MR) is 137 cm³/mol. The Morgan fingerprint density at radius 3 is 2.35 bits per heavy atom. The molecule has 1 aliphatic rings. The van der Waals surface area contributed by atoms with Gasteiger partial charge >= 0.3 is 6.18 Å². The van der Waals surface area contributed by atoms with Crippen molar-refractivity contribution < 1.29 is 27.9 Å². The average Bonchev–Trinajstić information content (AvgIpc) is 3.20. The molecule has 4 N–H and O–H groups in total. The first-order valence-electron chi connectivity index (χ1n) is 11.0. The number of amides is 1. The number of rotatable bonds is 8. The van der Waals surface area contributed by atoms with Gasteiger partial charge in [0.1, 0.15) is 12.3 Å². The maximum Gasteiger partial charge on any atom is 0.451 e. The van der Waals surface area contributed by atoms with Gasteiger partial charge in [-0.15, -0.1) is 16.7 Å². The number of halogens is 6. The van der Waals surface area contributed by atoms with Crippen molar-refractivity contribution in [1.82, 2.24) is 10.4 Å². The molecule has 0 aliphatic carbocycles. The summed E-state index contributed by atoms with van der Waals surface area (Å²) in [4.78, 5) is 17.4. The Labute approximate surface area is 225 Å². The number of β-amino-alcohol motifs (C(OH)–C–C–N with tert-alkyl or cyclic N) is 1. The number of aliphatic hydroxyl groups excluding tert-OH is 1. The van der Waals surface area contributed by atoms with E-state index in [2.05, 4.69) is 5.32 Å². The molecule has 1 amide bonds. The lowest BCUT2D eigenvalue weighted by molar-refractivity contribution is -0.204. The molecule has 37 heavy (non-hydrogen) atoms. The maximum absolute atomic E-state index is 14.4. The van der Waals surface area contributed by atoms with E-state index in [1.807, 2.05) is 0 Å². The highest BCUT2D eigenvalue weighted by molar-refractivity contribution is 6.34. The van der Waals surface area contributed by atoms with E-state index in [1.54, 1.807) is 24.3 Å². The third-order valence-corrected chi connectivity index (χ3v) is 6.42. The molecule has 4 rings (SSSR count). The topological polar surface area (TPSA) is 87.8 Å². The minimum atomic E-state index is -4.89. The van der Waals surface area contributed by atoms with Gasteiger partial charge in [-0.05, 0) is 46.2 Å². The van der Waals surface area contributed by atoms with Gasteiger partial charge in [-0.1, -0.05) is 53.5 Å². The fourth-order valence-electron chi connectivity index (χ4n) is 4.38. The molecule has 196 valence electrons. The molecule has 1 heterocycles. The van der Waals surface area contributed by atoms with Crippen LogP contribution in [-0.4, -0.2) is 47.5 Å². The molecule has 3 aromatic carbocycles. The van der Waals surface area contributed by atoms with Crippen LogP contribution in [0.1, 0.15) is 27.5 Å². The van der Waals surface area contributed by atoms with Crippen LogP contribution in [0.15, 0.2) is 60.4 Å². The third-order valence-electron chi connectivity index (χ3n) is 5.79. The summed E-state index contributed by atoms with van der Waals surface area (Å²) in [5.74, 6) is -1.78. The molecule has 0 spiro atoms. The molecule has 0 fully saturated rings. The molecule has 12 heteroatoms. The summed E-state index contributed by atoms with van der Waals surface area (Å²) < 4.78 is 43.1. The second-order valence-corrected chi connectivity index (χ2v) is 9.51. The van der Waals surface area contributed by atoms with Crippen molar-refractivity contribution in [3.05, 3.63) is 87.1 Å². The number of alkyl halides is 4. The molecule has 0 saturated heterocycles. The molecule has 3 aromatic rings. The zero-order chi connectivity index (χ0) is 26.9. The zero-order valence-corrected chi connectivity index (χ0v) is 21.3. The fraction of sp³-hybridized carbons (Fsp3) is 0.240. The quantitative estimate of drug-likeness (QED) is 0.239. The number of hydrogen-bond donors (Lipinski definition) is 3. The van der Waals surface area contributed by atoms with Gasteiger partial charge in [0, 0.05) is 33.6 Å². The van der Waals surface area contributed by atoms with E-state index in [0.29, 0.717) is 16.3 Å². The molecular weight excluding hydrogens is 554 g/mol. The zero-order valence-electron chi connectivity index (χ0n) is 19.0. The van der Waals surface area contributed by atoms with Crippen LogP contribution < -0.4 is 11.1 Å². The number of nitrogens with zero attached hydrogens (tertiary/aromatic N) is 1. The number of carbonyl (C=O) groups excluding carboxylic acids is 1. The number of carbonyl (C=O) groups is 1. The monoisotopic (exact) mass is 573 g/mol. The lowest BCUT2D eigenvalue weighted by Gasteiger charge is -2.28. The second-order valence-electron chi connectivity index (χ2n) is 8.26. The number of nitrogens with one attached hydrogen (secondary N) is 1. The van der Waals surface area contributed by atoms with E-state index in [1.165, 1.54) is 30.3 Å². The van der Waals surface area contributed by atoms with Gasteiger partial charge in [-0.3, -0.25) is 10.1 Å². The largest absolute Gasteiger partial charge is 0.451 e. The van der Waals surface area contributed by atoms with Crippen LogP contribution in [0.5, 0.6) is 0 Å². The van der Waals surface area contributed by atoms with Gasteiger partial charge < -0.3 is 15.7 Å². The van der Waals surface area contributed by atoms with Gasteiger partial charge in [0.2, 0.25) is 11.7 Å². The van der Waals surface area contributed by atoms with Crippen molar-refractivity contribution in [2.75, 3.05) is 19.0 Å². The van der Waals surface area contributed by atoms with Gasteiger partial charge in [-0.25, -0.2) is 0 Å². The normalized spacial score (nSPS) is 17.3. The molecule has 0 saturated carbocycles. The standard InChI is InChI=1S/C25H21Cl3F3N3O3/c26-7-8-33-20(35)12-34-22(18-5-6-19(24(32)36)17-4-2-1-3-16(17)18)21(23(37-34)25(29,30)31)13-9-14(27)11-15(28)10-13/h1-6,9-11,20,22,33,35H,7-8,12H2,(H2,32,36). The number of aliphatic hydroxyl groups is 1. The van der Waals surface area contributed by atoms with E-state index in [0.717, 1.165) is 5.06 Å². The number of benzene rings is 3. The van der Waals surface area contributed by atoms with Crippen molar-refractivity contribution in [3.63, 3.8) is 0 Å². The molecule has 0 radical (unpaired) electrons. The summed E-state index contributed by atoms with van der Waals surface area (Å²) in [7, 11) is 0. The predicted octanol–water partition coefficient (Wildman–Crippen LogP) is 5.65. The van der Waals surface area contributed by atoms with Crippen molar-refractivity contribution in [2.45, 2.75) is 18.4 Å². The number of allylic oxidation sites excluding steroid dienone is 1. The number of fused-ring (bicyclic) bond motifs is 1. The van der Waals surface area contributed by atoms with Crippen LogP contribution in [0.4, 0.5) is 13.2 Å². The molecule has 0 aromatic heterocycles. The van der Waals surface area contributed by atoms with Crippen molar-refractivity contribution in [1.29, 1.82) is 0 Å². The SMILES string of the molecule is NC(=O)c1ccc(C2C(c3cc(Cl)cc(Cl)c3)=C(C(F)(F)F)ON2CC(O)NCCCl)c2ccccc12.